The first-order valence-electron chi connectivity index (χ1n) is 6.83. The lowest BCUT2D eigenvalue weighted by atomic mass is 10.2. The maximum Gasteiger partial charge on any atom is 0.363 e. The van der Waals surface area contributed by atoms with Gasteiger partial charge in [-0.2, -0.15) is 0 Å². The number of hydrogen-bond acceptors (Lipinski definition) is 3. The number of carbonyl (C=O) groups excluding carboxylic acids is 1. The average molecular weight is 344 g/mol. The van der Waals surface area contributed by atoms with Crippen LogP contribution >= 0.6 is 23.2 Å². The fourth-order valence-electron chi connectivity index (χ4n) is 2.02. The first-order chi connectivity index (χ1) is 11.1. The van der Waals surface area contributed by atoms with E-state index in [4.69, 9.17) is 27.9 Å². The summed E-state index contributed by atoms with van der Waals surface area (Å²) in [7, 11) is 0. The molecule has 2 aromatic rings. The predicted octanol–water partition coefficient (Wildman–Crippen LogP) is 4.89. The van der Waals surface area contributed by atoms with Crippen LogP contribution < -0.4 is 0 Å². The smallest absolute Gasteiger partial charge is 0.363 e. The Labute approximate surface area is 143 Å². The predicted molar refractivity (Wildman–Crippen MR) is 92.6 cm³/mol. The maximum atomic E-state index is 11.9. The van der Waals surface area contributed by atoms with E-state index in [-0.39, 0.29) is 11.6 Å². The van der Waals surface area contributed by atoms with Gasteiger partial charge >= 0.3 is 5.97 Å². The molecule has 114 valence electrons. The van der Waals surface area contributed by atoms with Gasteiger partial charge in [0, 0.05) is 5.02 Å². The van der Waals surface area contributed by atoms with E-state index >= 15 is 0 Å². The molecule has 1 aliphatic heterocycles. The Hall–Kier alpha value is -2.36. The Balaban J connectivity index is 1.84. The average Bonchev–Trinajstić information content (AvgIpc) is 2.89. The highest BCUT2D eigenvalue weighted by Crippen LogP contribution is 2.25. The minimum absolute atomic E-state index is 0.177. The van der Waals surface area contributed by atoms with Crippen molar-refractivity contribution in [3.05, 3.63) is 87.6 Å². The van der Waals surface area contributed by atoms with Crippen molar-refractivity contribution in [1.29, 1.82) is 0 Å². The van der Waals surface area contributed by atoms with E-state index in [2.05, 4.69) is 4.99 Å². The van der Waals surface area contributed by atoms with Gasteiger partial charge in [0.2, 0.25) is 5.90 Å². The van der Waals surface area contributed by atoms with Gasteiger partial charge in [0.15, 0.2) is 5.70 Å². The number of allylic oxidation sites excluding steroid dienone is 2. The van der Waals surface area contributed by atoms with Gasteiger partial charge in [0.05, 0.1) is 10.6 Å². The van der Waals surface area contributed by atoms with Gasteiger partial charge in [-0.25, -0.2) is 9.79 Å². The van der Waals surface area contributed by atoms with Gasteiger partial charge < -0.3 is 4.74 Å². The van der Waals surface area contributed by atoms with Gasteiger partial charge in [-0.1, -0.05) is 65.7 Å². The van der Waals surface area contributed by atoms with Crippen molar-refractivity contribution in [2.45, 2.75) is 0 Å². The van der Waals surface area contributed by atoms with E-state index in [1.54, 1.807) is 30.4 Å². The molecule has 0 spiro atoms. The second-order valence-corrected chi connectivity index (χ2v) is 5.60. The summed E-state index contributed by atoms with van der Waals surface area (Å²) in [6.45, 7) is 0. The van der Waals surface area contributed by atoms with E-state index in [0.717, 1.165) is 5.56 Å². The molecule has 23 heavy (non-hydrogen) atoms. The van der Waals surface area contributed by atoms with Crippen LogP contribution in [0.1, 0.15) is 11.1 Å². The number of rotatable bonds is 3. The van der Waals surface area contributed by atoms with Crippen molar-refractivity contribution < 1.29 is 9.53 Å². The Morgan fingerprint density at radius 1 is 1.04 bits per heavy atom. The molecule has 0 N–H and O–H groups in total. The molecule has 5 heteroatoms. The van der Waals surface area contributed by atoms with E-state index in [1.165, 1.54) is 0 Å². The minimum Gasteiger partial charge on any atom is -0.402 e. The van der Waals surface area contributed by atoms with Crippen molar-refractivity contribution in [2.24, 2.45) is 4.99 Å². The summed E-state index contributed by atoms with van der Waals surface area (Å²) in [6, 6.07) is 14.7. The number of benzene rings is 2. The van der Waals surface area contributed by atoms with Crippen LogP contribution in [-0.2, 0) is 9.53 Å². The normalized spacial score (nSPS) is 16.0. The van der Waals surface area contributed by atoms with Gasteiger partial charge in [-0.3, -0.25) is 0 Å². The molecule has 3 rings (SSSR count). The summed E-state index contributed by atoms with van der Waals surface area (Å²) < 4.78 is 5.16. The van der Waals surface area contributed by atoms with Crippen LogP contribution in [0, 0.1) is 0 Å². The van der Waals surface area contributed by atoms with Crippen molar-refractivity contribution in [3.63, 3.8) is 0 Å². The summed E-state index contributed by atoms with van der Waals surface area (Å²) >= 11 is 12.0. The topological polar surface area (TPSA) is 38.7 Å². The molecule has 0 bridgehead atoms. The standard InChI is InChI=1S/C18H11Cl2NO2/c19-13-9-10-14(15(20)11-13)17-21-16(18(22)23-17)8-4-7-12-5-2-1-3-6-12/h1-11H/b7-4+,16-8+. The van der Waals surface area contributed by atoms with Crippen LogP contribution in [0.4, 0.5) is 0 Å². The summed E-state index contributed by atoms with van der Waals surface area (Å²) in [5.41, 5.74) is 1.78. The second-order valence-electron chi connectivity index (χ2n) is 4.75. The van der Waals surface area contributed by atoms with Crippen molar-refractivity contribution in [1.82, 2.24) is 0 Å². The third kappa shape index (κ3) is 3.70. The summed E-state index contributed by atoms with van der Waals surface area (Å²) in [4.78, 5) is 16.1. The molecule has 0 radical (unpaired) electrons. The fraction of sp³-hybridized carbons (Fsp3) is 0. The molecule has 1 aliphatic rings. The van der Waals surface area contributed by atoms with Crippen LogP contribution in [-0.4, -0.2) is 11.9 Å². The van der Waals surface area contributed by atoms with Crippen LogP contribution in [0.5, 0.6) is 0 Å². The van der Waals surface area contributed by atoms with Gasteiger partial charge in [0.25, 0.3) is 0 Å². The number of aliphatic imine (C=N–C) groups is 1. The van der Waals surface area contributed by atoms with E-state index < -0.39 is 5.97 Å². The molecule has 3 nitrogen and oxygen atoms in total. The summed E-state index contributed by atoms with van der Waals surface area (Å²) in [5.74, 6) is -0.334. The zero-order valence-electron chi connectivity index (χ0n) is 11.9. The maximum absolute atomic E-state index is 11.9. The lowest BCUT2D eigenvalue weighted by molar-refractivity contribution is -0.130. The van der Waals surface area contributed by atoms with Crippen LogP contribution in [0.2, 0.25) is 10.0 Å². The highest BCUT2D eigenvalue weighted by molar-refractivity contribution is 6.37. The monoisotopic (exact) mass is 343 g/mol. The SMILES string of the molecule is O=C1OC(c2ccc(Cl)cc2Cl)=N/C1=C/C=C/c1ccccc1. The van der Waals surface area contributed by atoms with Crippen LogP contribution in [0.25, 0.3) is 6.08 Å². The number of ether oxygens (including phenoxy) is 1. The molecule has 1 heterocycles. The third-order valence-electron chi connectivity index (χ3n) is 3.12. The Morgan fingerprint density at radius 3 is 2.57 bits per heavy atom. The Bertz CT molecular complexity index is 839. The zero-order valence-corrected chi connectivity index (χ0v) is 13.4. The molecule has 0 unspecified atom stereocenters. The molecule has 0 amide bonds. The molecule has 0 saturated carbocycles. The quantitative estimate of drug-likeness (QED) is 0.587. The molecule has 0 saturated heterocycles. The molecule has 2 aromatic carbocycles. The van der Waals surface area contributed by atoms with Crippen molar-refractivity contribution in [2.75, 3.05) is 0 Å². The number of esters is 1. The van der Waals surface area contributed by atoms with Gasteiger partial charge in [-0.15, -0.1) is 0 Å². The largest absolute Gasteiger partial charge is 0.402 e. The molecule has 0 atom stereocenters. The molecule has 0 aromatic heterocycles. The van der Waals surface area contributed by atoms with E-state index in [0.29, 0.717) is 15.6 Å². The summed E-state index contributed by atoms with van der Waals surface area (Å²) in [5, 5.41) is 0.885. The number of nitrogens with zero attached hydrogens (tertiary/aromatic N) is 1. The van der Waals surface area contributed by atoms with Crippen molar-refractivity contribution >= 4 is 41.1 Å². The summed E-state index contributed by atoms with van der Waals surface area (Å²) in [6.07, 6.45) is 5.23. The Kier molecular flexibility index (Phi) is 4.60. The lowest BCUT2D eigenvalue weighted by Gasteiger charge is -2.02. The third-order valence-corrected chi connectivity index (χ3v) is 3.67. The second kappa shape index (κ2) is 6.82. The zero-order chi connectivity index (χ0) is 16.2. The molecular weight excluding hydrogens is 333 g/mol. The molecule has 0 aliphatic carbocycles. The highest BCUT2D eigenvalue weighted by atomic mass is 35.5. The first kappa shape index (κ1) is 15.5. The number of halogens is 2. The van der Waals surface area contributed by atoms with Crippen molar-refractivity contribution in [3.8, 4) is 0 Å². The van der Waals surface area contributed by atoms with Gasteiger partial charge in [-0.05, 0) is 29.8 Å². The van der Waals surface area contributed by atoms with Crippen LogP contribution in [0.15, 0.2) is 71.4 Å². The minimum atomic E-state index is -0.510. The molecular formula is C18H11Cl2NO2. The fourth-order valence-corrected chi connectivity index (χ4v) is 2.51. The first-order valence-corrected chi connectivity index (χ1v) is 7.59. The lowest BCUT2D eigenvalue weighted by Crippen LogP contribution is -2.05. The number of hydrogen-bond donors (Lipinski definition) is 0. The van der Waals surface area contributed by atoms with E-state index in [9.17, 15) is 4.79 Å². The number of cyclic esters (lactones) is 1. The number of carbonyl (C=O) groups is 1. The highest BCUT2D eigenvalue weighted by Gasteiger charge is 2.25. The van der Waals surface area contributed by atoms with Crippen LogP contribution in [0.3, 0.4) is 0 Å². The molecule has 0 fully saturated rings. The Morgan fingerprint density at radius 2 is 1.83 bits per heavy atom. The van der Waals surface area contributed by atoms with E-state index in [1.807, 2.05) is 36.4 Å². The van der Waals surface area contributed by atoms with Gasteiger partial charge in [0.1, 0.15) is 0 Å².